The third-order valence-corrected chi connectivity index (χ3v) is 4.98. The Bertz CT molecular complexity index is 1100. The SMILES string of the molecule is O=C(CC1NC(=O)N(Cc2ccccc2Cl)C1=O)NCc1nnc2ccccn12. The van der Waals surface area contributed by atoms with Crippen molar-refractivity contribution in [1.82, 2.24) is 30.1 Å². The van der Waals surface area contributed by atoms with Crippen molar-refractivity contribution in [1.29, 1.82) is 0 Å². The topological polar surface area (TPSA) is 109 Å². The molecule has 2 aromatic heterocycles. The smallest absolute Gasteiger partial charge is 0.325 e. The Labute approximate surface area is 170 Å². The number of nitrogens with one attached hydrogen (secondary N) is 2. The molecule has 2 N–H and O–H groups in total. The van der Waals surface area contributed by atoms with Crippen molar-refractivity contribution >= 4 is 35.1 Å². The number of carbonyl (C=O) groups excluding carboxylic acids is 3. The van der Waals surface area contributed by atoms with Crippen molar-refractivity contribution in [2.24, 2.45) is 0 Å². The molecule has 1 unspecified atom stereocenters. The third-order valence-electron chi connectivity index (χ3n) is 4.61. The lowest BCUT2D eigenvalue weighted by Crippen LogP contribution is -2.36. The van der Waals surface area contributed by atoms with Gasteiger partial charge in [0, 0.05) is 11.2 Å². The fourth-order valence-electron chi connectivity index (χ4n) is 3.11. The number of carbonyl (C=O) groups is 3. The first-order valence-corrected chi connectivity index (χ1v) is 9.31. The first kappa shape index (κ1) is 18.9. The van der Waals surface area contributed by atoms with E-state index in [0.29, 0.717) is 22.1 Å². The summed E-state index contributed by atoms with van der Waals surface area (Å²) in [5.74, 6) is -0.273. The molecule has 0 radical (unpaired) electrons. The number of rotatable bonds is 6. The average molecular weight is 413 g/mol. The number of hydrogen-bond acceptors (Lipinski definition) is 5. The van der Waals surface area contributed by atoms with Crippen LogP contribution >= 0.6 is 11.6 Å². The average Bonchev–Trinajstić information content (AvgIpc) is 3.24. The lowest BCUT2D eigenvalue weighted by molar-refractivity contribution is -0.131. The number of fused-ring (bicyclic) bond motifs is 1. The molecule has 4 amide bonds. The van der Waals surface area contributed by atoms with Crippen LogP contribution in [0, 0.1) is 0 Å². The molecule has 1 aliphatic heterocycles. The molecular formula is C19H17ClN6O3. The van der Waals surface area contributed by atoms with Crippen molar-refractivity contribution in [3.05, 3.63) is 65.1 Å². The van der Waals surface area contributed by atoms with E-state index in [1.807, 2.05) is 12.1 Å². The summed E-state index contributed by atoms with van der Waals surface area (Å²) in [5.41, 5.74) is 1.33. The molecule has 3 aromatic rings. The minimum absolute atomic E-state index is 0.0498. The van der Waals surface area contributed by atoms with E-state index in [-0.39, 0.29) is 25.4 Å². The van der Waals surface area contributed by atoms with E-state index in [0.717, 1.165) is 4.90 Å². The quantitative estimate of drug-likeness (QED) is 0.596. The van der Waals surface area contributed by atoms with Crippen LogP contribution in [-0.2, 0) is 22.7 Å². The lowest BCUT2D eigenvalue weighted by atomic mass is 10.1. The molecule has 0 bridgehead atoms. The zero-order chi connectivity index (χ0) is 20.4. The minimum Gasteiger partial charge on any atom is -0.349 e. The first-order chi connectivity index (χ1) is 14.0. The van der Waals surface area contributed by atoms with Crippen LogP contribution in [-0.4, -0.2) is 43.4 Å². The number of urea groups is 1. The highest BCUT2D eigenvalue weighted by atomic mass is 35.5. The molecule has 0 saturated carbocycles. The summed E-state index contributed by atoms with van der Waals surface area (Å²) in [6, 6.07) is 11.0. The van der Waals surface area contributed by atoms with Crippen LogP contribution in [0.5, 0.6) is 0 Å². The van der Waals surface area contributed by atoms with Gasteiger partial charge >= 0.3 is 6.03 Å². The molecule has 0 aliphatic carbocycles. The summed E-state index contributed by atoms with van der Waals surface area (Å²) >= 11 is 6.10. The molecule has 10 heteroatoms. The van der Waals surface area contributed by atoms with Gasteiger partial charge in [0.25, 0.3) is 5.91 Å². The minimum atomic E-state index is -0.917. The molecule has 1 aliphatic rings. The second-order valence-corrected chi connectivity index (χ2v) is 6.95. The van der Waals surface area contributed by atoms with Crippen molar-refractivity contribution in [3.8, 4) is 0 Å². The molecule has 29 heavy (non-hydrogen) atoms. The van der Waals surface area contributed by atoms with Crippen LogP contribution in [0.2, 0.25) is 5.02 Å². The van der Waals surface area contributed by atoms with Gasteiger partial charge in [0.15, 0.2) is 11.5 Å². The number of hydrogen-bond donors (Lipinski definition) is 2. The van der Waals surface area contributed by atoms with Crippen molar-refractivity contribution in [3.63, 3.8) is 0 Å². The zero-order valence-electron chi connectivity index (χ0n) is 15.2. The Kier molecular flexibility index (Phi) is 5.13. The number of nitrogens with zero attached hydrogens (tertiary/aromatic N) is 4. The van der Waals surface area contributed by atoms with Gasteiger partial charge in [-0.05, 0) is 23.8 Å². The van der Waals surface area contributed by atoms with E-state index in [2.05, 4.69) is 20.8 Å². The van der Waals surface area contributed by atoms with Crippen LogP contribution in [0.1, 0.15) is 17.8 Å². The zero-order valence-corrected chi connectivity index (χ0v) is 16.0. The summed E-state index contributed by atoms with van der Waals surface area (Å²) in [6.07, 6.45) is 1.63. The van der Waals surface area contributed by atoms with Crippen LogP contribution in [0.15, 0.2) is 48.7 Å². The molecule has 0 spiro atoms. The van der Waals surface area contributed by atoms with Crippen molar-refractivity contribution in [2.45, 2.75) is 25.6 Å². The highest BCUT2D eigenvalue weighted by Crippen LogP contribution is 2.20. The predicted octanol–water partition coefficient (Wildman–Crippen LogP) is 1.51. The maximum absolute atomic E-state index is 12.6. The fourth-order valence-corrected chi connectivity index (χ4v) is 3.30. The van der Waals surface area contributed by atoms with Gasteiger partial charge in [-0.15, -0.1) is 10.2 Å². The molecule has 1 atom stereocenters. The maximum Gasteiger partial charge on any atom is 0.325 e. The molecular weight excluding hydrogens is 396 g/mol. The summed E-state index contributed by atoms with van der Waals surface area (Å²) in [5, 5.41) is 13.8. The number of pyridine rings is 1. The van der Waals surface area contributed by atoms with Crippen molar-refractivity contribution < 1.29 is 14.4 Å². The Balaban J connectivity index is 1.35. The van der Waals surface area contributed by atoms with E-state index in [4.69, 9.17) is 11.6 Å². The van der Waals surface area contributed by atoms with Gasteiger partial charge in [0.2, 0.25) is 5.91 Å². The predicted molar refractivity (Wildman–Crippen MR) is 104 cm³/mol. The molecule has 4 rings (SSSR count). The normalized spacial score (nSPS) is 16.3. The van der Waals surface area contributed by atoms with Crippen molar-refractivity contribution in [2.75, 3.05) is 0 Å². The third kappa shape index (κ3) is 3.90. The van der Waals surface area contributed by atoms with E-state index in [9.17, 15) is 14.4 Å². The number of aromatic nitrogens is 3. The summed E-state index contributed by atoms with van der Waals surface area (Å²) in [7, 11) is 0. The number of imide groups is 1. The Morgan fingerprint density at radius 3 is 2.76 bits per heavy atom. The van der Waals surface area contributed by atoms with Crippen LogP contribution in [0.4, 0.5) is 4.79 Å². The number of benzene rings is 1. The standard InChI is InChI=1S/C19H17ClN6O3/c20-13-6-2-1-5-12(13)11-26-18(28)14(22-19(26)29)9-17(27)21-10-16-24-23-15-7-3-4-8-25(15)16/h1-8,14H,9-11H2,(H,21,27)(H,22,29). The van der Waals surface area contributed by atoms with E-state index in [1.54, 1.807) is 40.9 Å². The van der Waals surface area contributed by atoms with Gasteiger partial charge in [-0.2, -0.15) is 0 Å². The molecule has 148 valence electrons. The second-order valence-electron chi connectivity index (χ2n) is 6.54. The Morgan fingerprint density at radius 1 is 1.14 bits per heavy atom. The van der Waals surface area contributed by atoms with Crippen LogP contribution in [0.25, 0.3) is 5.65 Å². The second kappa shape index (κ2) is 7.88. The molecule has 3 heterocycles. The van der Waals surface area contributed by atoms with Crippen LogP contribution in [0.3, 0.4) is 0 Å². The van der Waals surface area contributed by atoms with E-state index < -0.39 is 18.0 Å². The van der Waals surface area contributed by atoms with Gasteiger partial charge in [0.05, 0.1) is 19.5 Å². The van der Waals surface area contributed by atoms with Gasteiger partial charge < -0.3 is 10.6 Å². The molecule has 1 aromatic carbocycles. The van der Waals surface area contributed by atoms with E-state index in [1.165, 1.54) is 0 Å². The highest BCUT2D eigenvalue weighted by Gasteiger charge is 2.39. The maximum atomic E-state index is 12.6. The van der Waals surface area contributed by atoms with Gasteiger partial charge in [-0.25, -0.2) is 4.79 Å². The van der Waals surface area contributed by atoms with Gasteiger partial charge in [-0.1, -0.05) is 35.9 Å². The van der Waals surface area contributed by atoms with E-state index >= 15 is 0 Å². The lowest BCUT2D eigenvalue weighted by Gasteiger charge is -2.14. The van der Waals surface area contributed by atoms with Gasteiger partial charge in [0.1, 0.15) is 6.04 Å². The first-order valence-electron chi connectivity index (χ1n) is 8.93. The number of halogens is 1. The summed E-state index contributed by atoms with van der Waals surface area (Å²) in [4.78, 5) is 38.1. The number of amides is 4. The van der Waals surface area contributed by atoms with Crippen LogP contribution < -0.4 is 10.6 Å². The highest BCUT2D eigenvalue weighted by molar-refractivity contribution is 6.31. The fraction of sp³-hybridized carbons (Fsp3) is 0.211. The molecule has 1 saturated heterocycles. The molecule has 9 nitrogen and oxygen atoms in total. The Morgan fingerprint density at radius 2 is 1.93 bits per heavy atom. The Hall–Kier alpha value is -3.46. The monoisotopic (exact) mass is 412 g/mol. The largest absolute Gasteiger partial charge is 0.349 e. The van der Waals surface area contributed by atoms with Gasteiger partial charge in [-0.3, -0.25) is 18.9 Å². The summed E-state index contributed by atoms with van der Waals surface area (Å²) in [6.45, 7) is 0.205. The summed E-state index contributed by atoms with van der Waals surface area (Å²) < 4.78 is 1.76. The molecule has 1 fully saturated rings.